The van der Waals surface area contributed by atoms with Crippen LogP contribution in [0.5, 0.6) is 11.5 Å². The third-order valence-corrected chi connectivity index (χ3v) is 5.74. The van der Waals surface area contributed by atoms with Crippen molar-refractivity contribution in [3.63, 3.8) is 0 Å². The van der Waals surface area contributed by atoms with Gasteiger partial charge in [-0.2, -0.15) is 4.31 Å². The van der Waals surface area contributed by atoms with Crippen LogP contribution in [0.25, 0.3) is 0 Å². The number of ether oxygens (including phenoxy) is 3. The summed E-state index contributed by atoms with van der Waals surface area (Å²) in [7, 11) is -3.22. The highest BCUT2D eigenvalue weighted by atomic mass is 32.2. The van der Waals surface area contributed by atoms with E-state index in [9.17, 15) is 8.42 Å². The molecule has 8 heteroatoms. The van der Waals surface area contributed by atoms with Crippen molar-refractivity contribution in [2.45, 2.75) is 6.54 Å². The lowest BCUT2D eigenvalue weighted by Gasteiger charge is -2.26. The Morgan fingerprint density at radius 2 is 1.87 bits per heavy atom. The van der Waals surface area contributed by atoms with E-state index < -0.39 is 10.0 Å². The molecule has 0 radical (unpaired) electrons. The molecule has 0 bridgehead atoms. The number of hydrogen-bond acceptors (Lipinski definition) is 6. The number of nitrogens with zero attached hydrogens (tertiary/aromatic N) is 1. The second-order valence-electron chi connectivity index (χ2n) is 5.45. The molecule has 1 fully saturated rings. The molecule has 0 atom stereocenters. The molecular formula is C15H22N2O5S. The van der Waals surface area contributed by atoms with E-state index in [2.05, 4.69) is 5.32 Å². The summed E-state index contributed by atoms with van der Waals surface area (Å²) in [4.78, 5) is 0. The summed E-state index contributed by atoms with van der Waals surface area (Å²) in [6.07, 6.45) is 0. The van der Waals surface area contributed by atoms with Crippen LogP contribution in [0.4, 0.5) is 0 Å². The van der Waals surface area contributed by atoms with Crippen LogP contribution in [-0.4, -0.2) is 64.5 Å². The van der Waals surface area contributed by atoms with Crippen LogP contribution in [0.1, 0.15) is 5.56 Å². The Hall–Kier alpha value is -1.35. The quantitative estimate of drug-likeness (QED) is 0.745. The topological polar surface area (TPSA) is 77.1 Å². The highest BCUT2D eigenvalue weighted by Crippen LogP contribution is 2.33. The van der Waals surface area contributed by atoms with Gasteiger partial charge in [-0.05, 0) is 6.07 Å². The Labute approximate surface area is 136 Å². The van der Waals surface area contributed by atoms with Gasteiger partial charge in [0, 0.05) is 31.7 Å². The number of rotatable bonds is 6. The highest BCUT2D eigenvalue weighted by molar-refractivity contribution is 7.89. The monoisotopic (exact) mass is 342 g/mol. The fourth-order valence-corrected chi connectivity index (χ4v) is 4.02. The largest absolute Gasteiger partial charge is 0.486 e. The maximum atomic E-state index is 12.2. The first-order valence-electron chi connectivity index (χ1n) is 7.80. The molecule has 2 aliphatic rings. The van der Waals surface area contributed by atoms with Gasteiger partial charge in [0.1, 0.15) is 13.2 Å². The van der Waals surface area contributed by atoms with Crippen molar-refractivity contribution in [2.24, 2.45) is 0 Å². The van der Waals surface area contributed by atoms with Gasteiger partial charge in [0.15, 0.2) is 11.5 Å². The maximum absolute atomic E-state index is 12.2. The molecule has 2 heterocycles. The zero-order valence-corrected chi connectivity index (χ0v) is 13.8. The number of hydrogen-bond donors (Lipinski definition) is 1. The molecule has 0 amide bonds. The minimum Gasteiger partial charge on any atom is -0.486 e. The van der Waals surface area contributed by atoms with Crippen LogP contribution in [0.15, 0.2) is 18.2 Å². The molecule has 3 rings (SSSR count). The van der Waals surface area contributed by atoms with Crippen molar-refractivity contribution >= 4 is 10.0 Å². The predicted molar refractivity (Wildman–Crippen MR) is 85.3 cm³/mol. The fourth-order valence-electron chi connectivity index (χ4n) is 2.65. The number of fused-ring (bicyclic) bond motifs is 1. The molecule has 1 N–H and O–H groups in total. The third-order valence-electron chi connectivity index (χ3n) is 3.86. The summed E-state index contributed by atoms with van der Waals surface area (Å²) < 4.78 is 42.3. The first-order valence-corrected chi connectivity index (χ1v) is 9.41. The van der Waals surface area contributed by atoms with Gasteiger partial charge in [0.05, 0.1) is 19.0 Å². The summed E-state index contributed by atoms with van der Waals surface area (Å²) in [6, 6.07) is 5.74. The van der Waals surface area contributed by atoms with Crippen molar-refractivity contribution in [3.8, 4) is 11.5 Å². The van der Waals surface area contributed by atoms with Crippen LogP contribution >= 0.6 is 0 Å². The molecular weight excluding hydrogens is 320 g/mol. The third kappa shape index (κ3) is 4.14. The van der Waals surface area contributed by atoms with Crippen molar-refractivity contribution < 1.29 is 22.6 Å². The van der Waals surface area contributed by atoms with Crippen LogP contribution in [0.3, 0.4) is 0 Å². The highest BCUT2D eigenvalue weighted by Gasteiger charge is 2.23. The molecule has 2 aliphatic heterocycles. The number of nitrogens with one attached hydrogen (secondary N) is 1. The van der Waals surface area contributed by atoms with Crippen molar-refractivity contribution in [2.75, 3.05) is 51.8 Å². The van der Waals surface area contributed by atoms with Gasteiger partial charge in [0.25, 0.3) is 0 Å². The smallest absolute Gasteiger partial charge is 0.215 e. The summed E-state index contributed by atoms with van der Waals surface area (Å²) in [5.74, 6) is 1.58. The molecule has 1 aromatic rings. The standard InChI is InChI=1S/C15H22N2O5S/c18-23(19,17-5-7-20-8-6-17)11-4-16-12-13-2-1-3-14-15(13)22-10-9-21-14/h1-3,16H,4-12H2. The Balaban J connectivity index is 1.50. The van der Waals surface area contributed by atoms with Crippen molar-refractivity contribution in [1.29, 1.82) is 0 Å². The lowest BCUT2D eigenvalue weighted by molar-refractivity contribution is 0.0730. The lowest BCUT2D eigenvalue weighted by Crippen LogP contribution is -2.43. The van der Waals surface area contributed by atoms with Crippen LogP contribution in [0, 0.1) is 0 Å². The van der Waals surface area contributed by atoms with Gasteiger partial charge in [-0.25, -0.2) is 8.42 Å². The van der Waals surface area contributed by atoms with E-state index in [0.717, 1.165) is 17.1 Å². The summed E-state index contributed by atoms with van der Waals surface area (Å²) in [6.45, 7) is 3.87. The van der Waals surface area contributed by atoms with Gasteiger partial charge in [-0.15, -0.1) is 0 Å². The first-order chi connectivity index (χ1) is 11.2. The van der Waals surface area contributed by atoms with Gasteiger partial charge < -0.3 is 19.5 Å². The predicted octanol–water partition coefficient (Wildman–Crippen LogP) is 0.209. The average Bonchev–Trinajstić information content (AvgIpc) is 2.59. The molecule has 0 unspecified atom stereocenters. The molecule has 0 aromatic heterocycles. The average molecular weight is 342 g/mol. The van der Waals surface area contributed by atoms with Crippen LogP contribution in [0.2, 0.25) is 0 Å². The second kappa shape index (κ2) is 7.48. The van der Waals surface area contributed by atoms with Gasteiger partial charge >= 0.3 is 0 Å². The molecule has 0 saturated carbocycles. The number of sulfonamides is 1. The van der Waals surface area contributed by atoms with E-state index in [1.54, 1.807) is 0 Å². The first kappa shape index (κ1) is 16.5. The molecule has 23 heavy (non-hydrogen) atoms. The van der Waals surface area contributed by atoms with Crippen molar-refractivity contribution in [3.05, 3.63) is 23.8 Å². The SMILES string of the molecule is O=S(=O)(CCNCc1cccc2c1OCCO2)N1CCOCC1. The zero-order chi connectivity index (χ0) is 16.1. The molecule has 0 spiro atoms. The maximum Gasteiger partial charge on any atom is 0.215 e. The summed E-state index contributed by atoms with van der Waals surface area (Å²) in [5.41, 5.74) is 0.978. The van der Waals surface area contributed by atoms with Crippen LogP contribution in [-0.2, 0) is 21.3 Å². The van der Waals surface area contributed by atoms with Crippen molar-refractivity contribution in [1.82, 2.24) is 9.62 Å². The zero-order valence-electron chi connectivity index (χ0n) is 13.0. The van der Waals surface area contributed by atoms with Gasteiger partial charge in [-0.1, -0.05) is 12.1 Å². The van der Waals surface area contributed by atoms with Crippen LogP contribution < -0.4 is 14.8 Å². The Kier molecular flexibility index (Phi) is 5.37. The Morgan fingerprint density at radius 3 is 2.70 bits per heavy atom. The Bertz CT molecular complexity index is 629. The molecule has 1 aromatic carbocycles. The van der Waals surface area contributed by atoms with E-state index in [0.29, 0.717) is 52.6 Å². The number of benzene rings is 1. The van der Waals surface area contributed by atoms with E-state index in [1.807, 2.05) is 18.2 Å². The van der Waals surface area contributed by atoms with Gasteiger partial charge in [0.2, 0.25) is 10.0 Å². The number of para-hydroxylation sites is 1. The Morgan fingerprint density at radius 1 is 1.09 bits per heavy atom. The lowest BCUT2D eigenvalue weighted by atomic mass is 10.1. The van der Waals surface area contributed by atoms with E-state index in [1.165, 1.54) is 4.31 Å². The van der Waals surface area contributed by atoms with E-state index in [-0.39, 0.29) is 5.75 Å². The number of morpholine rings is 1. The summed E-state index contributed by atoms with van der Waals surface area (Å²) >= 11 is 0. The second-order valence-corrected chi connectivity index (χ2v) is 7.53. The van der Waals surface area contributed by atoms with Gasteiger partial charge in [-0.3, -0.25) is 0 Å². The van der Waals surface area contributed by atoms with E-state index >= 15 is 0 Å². The minimum atomic E-state index is -3.22. The molecule has 1 saturated heterocycles. The normalized spacial score (nSPS) is 18.8. The fraction of sp³-hybridized carbons (Fsp3) is 0.600. The molecule has 7 nitrogen and oxygen atoms in total. The van der Waals surface area contributed by atoms with E-state index in [4.69, 9.17) is 14.2 Å². The molecule has 0 aliphatic carbocycles. The summed E-state index contributed by atoms with van der Waals surface area (Å²) in [5, 5.41) is 3.17. The molecule has 128 valence electrons. The minimum absolute atomic E-state index is 0.0827.